The van der Waals surface area contributed by atoms with Crippen molar-refractivity contribution in [2.45, 2.75) is 46.1 Å². The molecule has 0 bridgehead atoms. The lowest BCUT2D eigenvalue weighted by Gasteiger charge is -2.20. The Hall–Kier alpha value is -1.95. The quantitative estimate of drug-likeness (QED) is 0.292. The molecule has 4 nitrogen and oxygen atoms in total. The van der Waals surface area contributed by atoms with Gasteiger partial charge in [-0.05, 0) is 75.3 Å². The fourth-order valence-electron chi connectivity index (χ4n) is 3.69. The summed E-state index contributed by atoms with van der Waals surface area (Å²) in [6, 6.07) is 14.4. The number of rotatable bonds is 11. The molecule has 170 valence electrons. The Morgan fingerprint density at radius 2 is 1.84 bits per heavy atom. The predicted octanol–water partition coefficient (Wildman–Crippen LogP) is 7.22. The highest BCUT2D eigenvalue weighted by atomic mass is 79.9. The average molecular weight is 516 g/mol. The maximum Gasteiger partial charge on any atom is 0.137 e. The third kappa shape index (κ3) is 7.29. The van der Waals surface area contributed by atoms with Gasteiger partial charge in [-0.25, -0.2) is 9.97 Å². The van der Waals surface area contributed by atoms with Crippen molar-refractivity contribution in [2.75, 3.05) is 25.0 Å². The van der Waals surface area contributed by atoms with Crippen LogP contribution in [0.25, 0.3) is 17.0 Å². The first-order chi connectivity index (χ1) is 15.5. The first kappa shape index (κ1) is 24.7. The Kier molecular flexibility index (Phi) is 9.51. The topological polar surface area (TPSA) is 41.0 Å². The number of aromatic nitrogens is 2. The Bertz CT molecular complexity index is 1030. The minimum Gasteiger partial charge on any atom is -0.367 e. The molecule has 0 aliphatic carbocycles. The van der Waals surface area contributed by atoms with E-state index in [0.29, 0.717) is 17.5 Å². The van der Waals surface area contributed by atoms with Gasteiger partial charge in [0.15, 0.2) is 0 Å². The molecule has 0 aliphatic heterocycles. The molecule has 3 rings (SSSR count). The molecule has 1 aromatic heterocycles. The largest absolute Gasteiger partial charge is 0.367 e. The van der Waals surface area contributed by atoms with Crippen LogP contribution in [0.1, 0.15) is 45.0 Å². The van der Waals surface area contributed by atoms with Gasteiger partial charge < -0.3 is 10.2 Å². The second kappa shape index (κ2) is 12.3. The fourth-order valence-corrected chi connectivity index (χ4v) is 4.12. The molecule has 2 aromatic carbocycles. The highest BCUT2D eigenvalue weighted by Gasteiger charge is 2.11. The van der Waals surface area contributed by atoms with E-state index in [9.17, 15) is 0 Å². The Morgan fingerprint density at radius 1 is 1.09 bits per heavy atom. The first-order valence-corrected chi connectivity index (χ1v) is 12.5. The number of hydrogen-bond donors (Lipinski definition) is 1. The van der Waals surface area contributed by atoms with Gasteiger partial charge in [-0.2, -0.15) is 0 Å². The lowest BCUT2D eigenvalue weighted by molar-refractivity contribution is 0.295. The summed E-state index contributed by atoms with van der Waals surface area (Å²) in [6.07, 6.45) is 7.11. The van der Waals surface area contributed by atoms with E-state index >= 15 is 0 Å². The van der Waals surface area contributed by atoms with Crippen molar-refractivity contribution in [1.29, 1.82) is 0 Å². The van der Waals surface area contributed by atoms with Crippen molar-refractivity contribution >= 4 is 50.3 Å². The maximum absolute atomic E-state index is 6.25. The van der Waals surface area contributed by atoms with Gasteiger partial charge in [-0.15, -0.1) is 0 Å². The molecular formula is C26H32BrClN4. The molecular weight excluding hydrogens is 484 g/mol. The molecule has 0 saturated carbocycles. The van der Waals surface area contributed by atoms with E-state index in [1.165, 1.54) is 0 Å². The molecule has 6 heteroatoms. The zero-order chi connectivity index (χ0) is 22.9. The van der Waals surface area contributed by atoms with E-state index in [4.69, 9.17) is 21.6 Å². The van der Waals surface area contributed by atoms with Gasteiger partial charge in [0.25, 0.3) is 0 Å². The van der Waals surface area contributed by atoms with Crippen molar-refractivity contribution in [3.05, 3.63) is 69.4 Å². The lowest BCUT2D eigenvalue weighted by Crippen LogP contribution is -2.25. The van der Waals surface area contributed by atoms with E-state index in [2.05, 4.69) is 71.2 Å². The number of anilines is 1. The molecule has 0 amide bonds. The van der Waals surface area contributed by atoms with E-state index in [0.717, 1.165) is 65.1 Å². The second-order valence-corrected chi connectivity index (χ2v) is 9.37. The van der Waals surface area contributed by atoms with Crippen molar-refractivity contribution in [1.82, 2.24) is 14.9 Å². The highest BCUT2D eigenvalue weighted by molar-refractivity contribution is 9.10. The van der Waals surface area contributed by atoms with Gasteiger partial charge in [0.2, 0.25) is 0 Å². The molecule has 0 saturated heterocycles. The van der Waals surface area contributed by atoms with Gasteiger partial charge in [0, 0.05) is 27.3 Å². The predicted molar refractivity (Wildman–Crippen MR) is 142 cm³/mol. The molecule has 1 heterocycles. The number of nitrogens with one attached hydrogen (secondary N) is 1. The summed E-state index contributed by atoms with van der Waals surface area (Å²) in [5.74, 6) is 1.67. The van der Waals surface area contributed by atoms with Crippen LogP contribution in [-0.4, -0.2) is 40.5 Å². The van der Waals surface area contributed by atoms with E-state index in [-0.39, 0.29) is 0 Å². The Morgan fingerprint density at radius 3 is 2.56 bits per heavy atom. The minimum absolute atomic E-state index is 0.325. The van der Waals surface area contributed by atoms with Crippen molar-refractivity contribution < 1.29 is 0 Å². The summed E-state index contributed by atoms with van der Waals surface area (Å²) in [4.78, 5) is 12.1. The summed E-state index contributed by atoms with van der Waals surface area (Å²) >= 11 is 9.72. The van der Waals surface area contributed by atoms with Crippen LogP contribution in [0.4, 0.5) is 5.82 Å². The fraction of sp³-hybridized carbons (Fsp3) is 0.385. The zero-order valence-corrected chi connectivity index (χ0v) is 21.5. The molecule has 1 N–H and O–H groups in total. The standard InChI is InChI=1S/C26H32BrClN4/c1-4-32(5-2)17-7-8-19(3)29-26-23-16-15-22(28)18-24(23)30-25(31-26)10-6-9-20-11-13-21(27)14-12-20/h6,9,11-16,18-19H,4-5,7-8,10,17H2,1-3H3,(H,29,30,31)/b9-6-. The number of benzene rings is 2. The number of hydrogen-bond acceptors (Lipinski definition) is 4. The van der Waals surface area contributed by atoms with Crippen molar-refractivity contribution in [3.8, 4) is 0 Å². The van der Waals surface area contributed by atoms with Crippen LogP contribution in [-0.2, 0) is 6.42 Å². The normalized spacial score (nSPS) is 12.7. The second-order valence-electron chi connectivity index (χ2n) is 8.02. The lowest BCUT2D eigenvalue weighted by atomic mass is 10.1. The van der Waals surface area contributed by atoms with E-state index in [1.54, 1.807) is 0 Å². The number of halogens is 2. The molecule has 1 atom stereocenters. The Labute approximate surface area is 205 Å². The van der Waals surface area contributed by atoms with Crippen LogP contribution in [0.2, 0.25) is 5.02 Å². The van der Waals surface area contributed by atoms with Gasteiger partial charge in [0.1, 0.15) is 11.6 Å². The van der Waals surface area contributed by atoms with E-state index < -0.39 is 0 Å². The smallest absolute Gasteiger partial charge is 0.137 e. The molecule has 0 spiro atoms. The van der Waals surface area contributed by atoms with Crippen LogP contribution in [0, 0.1) is 0 Å². The third-order valence-electron chi connectivity index (χ3n) is 5.58. The first-order valence-electron chi connectivity index (χ1n) is 11.4. The maximum atomic E-state index is 6.25. The monoisotopic (exact) mass is 514 g/mol. The SMILES string of the molecule is CCN(CC)CCCC(C)Nc1nc(C/C=C\c2ccc(Br)cc2)nc2cc(Cl)ccc12. The molecule has 0 aliphatic rings. The number of nitrogens with zero attached hydrogens (tertiary/aromatic N) is 3. The van der Waals surface area contributed by atoms with E-state index in [1.807, 2.05) is 30.3 Å². The molecule has 3 aromatic rings. The summed E-state index contributed by atoms with van der Waals surface area (Å²) < 4.78 is 1.08. The van der Waals surface area contributed by atoms with Gasteiger partial charge in [-0.1, -0.05) is 65.7 Å². The van der Waals surface area contributed by atoms with Crippen molar-refractivity contribution in [3.63, 3.8) is 0 Å². The average Bonchev–Trinajstić information content (AvgIpc) is 2.78. The molecule has 1 unspecified atom stereocenters. The van der Waals surface area contributed by atoms with Crippen LogP contribution >= 0.6 is 27.5 Å². The van der Waals surface area contributed by atoms with Crippen LogP contribution in [0.15, 0.2) is 53.0 Å². The third-order valence-corrected chi connectivity index (χ3v) is 6.34. The molecule has 32 heavy (non-hydrogen) atoms. The van der Waals surface area contributed by atoms with Crippen molar-refractivity contribution in [2.24, 2.45) is 0 Å². The van der Waals surface area contributed by atoms with Gasteiger partial charge >= 0.3 is 0 Å². The van der Waals surface area contributed by atoms with Crippen LogP contribution in [0.3, 0.4) is 0 Å². The summed E-state index contributed by atoms with van der Waals surface area (Å²) in [6.45, 7) is 10.00. The number of allylic oxidation sites excluding steroid dienone is 1. The summed E-state index contributed by atoms with van der Waals surface area (Å²) in [5, 5.41) is 5.32. The minimum atomic E-state index is 0.325. The highest BCUT2D eigenvalue weighted by Crippen LogP contribution is 2.25. The Balaban J connectivity index is 1.73. The van der Waals surface area contributed by atoms with Gasteiger partial charge in [0.05, 0.1) is 5.52 Å². The summed E-state index contributed by atoms with van der Waals surface area (Å²) in [7, 11) is 0. The van der Waals surface area contributed by atoms with Crippen LogP contribution in [0.5, 0.6) is 0 Å². The summed E-state index contributed by atoms with van der Waals surface area (Å²) in [5.41, 5.74) is 2.02. The zero-order valence-electron chi connectivity index (χ0n) is 19.1. The molecule has 0 radical (unpaired) electrons. The number of fused-ring (bicyclic) bond motifs is 1. The van der Waals surface area contributed by atoms with Gasteiger partial charge in [-0.3, -0.25) is 0 Å². The molecule has 0 fully saturated rings. The van der Waals surface area contributed by atoms with Crippen LogP contribution < -0.4 is 5.32 Å².